The second kappa shape index (κ2) is 16.4. The lowest BCUT2D eigenvalue weighted by atomic mass is 9.87. The first-order chi connectivity index (χ1) is 14.2. The predicted molar refractivity (Wildman–Crippen MR) is 121 cm³/mol. The van der Waals surface area contributed by atoms with E-state index in [0.29, 0.717) is 5.56 Å². The van der Waals surface area contributed by atoms with Crippen LogP contribution in [0.25, 0.3) is 0 Å². The number of rotatable bonds is 6. The number of hydroxylamine groups is 1. The van der Waals surface area contributed by atoms with Crippen molar-refractivity contribution in [3.63, 3.8) is 0 Å². The summed E-state index contributed by atoms with van der Waals surface area (Å²) < 4.78 is 0. The number of nitrogens with one attached hydrogen (secondary N) is 1. The topological polar surface area (TPSA) is 55.8 Å². The lowest BCUT2D eigenvalue weighted by Gasteiger charge is -2.35. The van der Waals surface area contributed by atoms with Crippen LogP contribution in [0.15, 0.2) is 30.3 Å². The van der Waals surface area contributed by atoms with Crippen LogP contribution >= 0.6 is 0 Å². The van der Waals surface area contributed by atoms with Gasteiger partial charge in [-0.3, -0.25) is 10.0 Å². The molecule has 1 aliphatic carbocycles. The van der Waals surface area contributed by atoms with Gasteiger partial charge < -0.3 is 9.80 Å². The third-order valence-corrected chi connectivity index (χ3v) is 5.72. The Balaban J connectivity index is 0.000000299. The molecule has 1 saturated heterocycles. The molecule has 2 aliphatic rings. The van der Waals surface area contributed by atoms with Gasteiger partial charge in [0.05, 0.1) is 0 Å². The SMILES string of the molecule is CC.CCCN1CCN(CCC2CCCCC2)CC1.O=C(NO)c1ccccc1. The molecule has 29 heavy (non-hydrogen) atoms. The van der Waals surface area contributed by atoms with Gasteiger partial charge in [0.1, 0.15) is 0 Å². The number of benzene rings is 1. The van der Waals surface area contributed by atoms with Crippen LogP contribution in [0.4, 0.5) is 0 Å². The number of hydrogen-bond acceptors (Lipinski definition) is 4. The van der Waals surface area contributed by atoms with Crippen molar-refractivity contribution in [2.45, 2.75) is 65.7 Å². The lowest BCUT2D eigenvalue weighted by molar-refractivity contribution is 0.0706. The fourth-order valence-corrected chi connectivity index (χ4v) is 4.05. The average Bonchev–Trinajstić information content (AvgIpc) is 2.81. The lowest BCUT2D eigenvalue weighted by Crippen LogP contribution is -2.46. The van der Waals surface area contributed by atoms with Crippen LogP contribution in [0.1, 0.15) is 76.1 Å². The Morgan fingerprint density at radius 3 is 2.03 bits per heavy atom. The molecule has 1 aromatic carbocycles. The van der Waals surface area contributed by atoms with E-state index in [2.05, 4.69) is 16.7 Å². The first-order valence-corrected chi connectivity index (χ1v) is 11.7. The largest absolute Gasteiger partial charge is 0.301 e. The standard InChI is InChI=1S/C15H30N2.C7H7NO2.C2H6/c1-2-9-16-11-13-17(14-12-16)10-8-15-6-4-3-5-7-15;9-7(8-10)6-4-2-1-3-5-6;1-2/h15H,2-14H2,1H3;1-5,10H,(H,8,9);1-2H3. The summed E-state index contributed by atoms with van der Waals surface area (Å²) in [5.74, 6) is 0.568. The number of amides is 1. The smallest absolute Gasteiger partial charge is 0.274 e. The van der Waals surface area contributed by atoms with Crippen molar-refractivity contribution >= 4 is 5.91 Å². The summed E-state index contributed by atoms with van der Waals surface area (Å²) in [5.41, 5.74) is 1.99. The van der Waals surface area contributed by atoms with Crippen molar-refractivity contribution in [2.24, 2.45) is 5.92 Å². The van der Waals surface area contributed by atoms with Gasteiger partial charge in [0.25, 0.3) is 5.91 Å². The van der Waals surface area contributed by atoms with E-state index in [9.17, 15) is 4.79 Å². The highest BCUT2D eigenvalue weighted by atomic mass is 16.5. The summed E-state index contributed by atoms with van der Waals surface area (Å²) in [5, 5.41) is 8.19. The Hall–Kier alpha value is -1.43. The van der Waals surface area contributed by atoms with Gasteiger partial charge in [-0.15, -0.1) is 0 Å². The molecule has 1 heterocycles. The Morgan fingerprint density at radius 1 is 0.966 bits per heavy atom. The van der Waals surface area contributed by atoms with Crippen LogP contribution in [0.5, 0.6) is 0 Å². The minimum absolute atomic E-state index is 0.449. The molecule has 2 fully saturated rings. The van der Waals surface area contributed by atoms with E-state index in [1.54, 1.807) is 35.8 Å². The van der Waals surface area contributed by atoms with Crippen molar-refractivity contribution in [1.29, 1.82) is 0 Å². The maximum atomic E-state index is 10.7. The molecule has 0 atom stereocenters. The Morgan fingerprint density at radius 2 is 1.52 bits per heavy atom. The van der Waals surface area contributed by atoms with E-state index < -0.39 is 5.91 Å². The van der Waals surface area contributed by atoms with E-state index >= 15 is 0 Å². The normalized spacial score (nSPS) is 18.1. The number of piperazine rings is 1. The van der Waals surface area contributed by atoms with Crippen molar-refractivity contribution in [1.82, 2.24) is 15.3 Å². The monoisotopic (exact) mass is 405 g/mol. The molecule has 1 amide bonds. The second-order valence-electron chi connectivity index (χ2n) is 7.78. The second-order valence-corrected chi connectivity index (χ2v) is 7.78. The Kier molecular flexibility index (Phi) is 14.5. The third-order valence-electron chi connectivity index (χ3n) is 5.72. The predicted octanol–water partition coefficient (Wildman–Crippen LogP) is 4.82. The molecule has 0 spiro atoms. The summed E-state index contributed by atoms with van der Waals surface area (Å²) in [6, 6.07) is 8.49. The third kappa shape index (κ3) is 10.8. The van der Waals surface area contributed by atoms with Crippen LogP contribution in [-0.2, 0) is 0 Å². The van der Waals surface area contributed by atoms with Crippen molar-refractivity contribution in [2.75, 3.05) is 39.3 Å². The zero-order valence-electron chi connectivity index (χ0n) is 18.9. The summed E-state index contributed by atoms with van der Waals surface area (Å²) in [4.78, 5) is 16.0. The maximum Gasteiger partial charge on any atom is 0.274 e. The maximum absolute atomic E-state index is 10.7. The molecule has 2 N–H and O–H groups in total. The summed E-state index contributed by atoms with van der Waals surface area (Å²) in [6.45, 7) is 14.2. The highest BCUT2D eigenvalue weighted by Gasteiger charge is 2.18. The minimum Gasteiger partial charge on any atom is -0.301 e. The van der Waals surface area contributed by atoms with Gasteiger partial charge in [0, 0.05) is 31.7 Å². The minimum atomic E-state index is -0.486. The molecule has 166 valence electrons. The molecule has 1 saturated carbocycles. The van der Waals surface area contributed by atoms with Crippen LogP contribution in [0.2, 0.25) is 0 Å². The van der Waals surface area contributed by atoms with Gasteiger partial charge in [-0.1, -0.05) is 71.1 Å². The molecule has 0 bridgehead atoms. The highest BCUT2D eigenvalue weighted by Crippen LogP contribution is 2.26. The van der Waals surface area contributed by atoms with Crippen LogP contribution in [0, 0.1) is 5.92 Å². The number of nitrogens with zero attached hydrogens (tertiary/aromatic N) is 2. The molecule has 1 aliphatic heterocycles. The molecule has 1 aromatic rings. The van der Waals surface area contributed by atoms with Gasteiger partial charge in [-0.2, -0.15) is 0 Å². The number of hydrogen-bond donors (Lipinski definition) is 2. The van der Waals surface area contributed by atoms with E-state index in [1.165, 1.54) is 84.2 Å². The van der Waals surface area contributed by atoms with Crippen LogP contribution in [-0.4, -0.2) is 60.2 Å². The van der Waals surface area contributed by atoms with Crippen LogP contribution < -0.4 is 5.48 Å². The Labute approximate surface area is 178 Å². The fourth-order valence-electron chi connectivity index (χ4n) is 4.05. The van der Waals surface area contributed by atoms with E-state index in [0.717, 1.165) is 5.92 Å². The van der Waals surface area contributed by atoms with Gasteiger partial charge in [-0.25, -0.2) is 5.48 Å². The molecular weight excluding hydrogens is 362 g/mol. The molecule has 0 aromatic heterocycles. The Bertz CT molecular complexity index is 510. The molecule has 0 unspecified atom stereocenters. The molecule has 0 radical (unpaired) electrons. The summed E-state index contributed by atoms with van der Waals surface area (Å²) >= 11 is 0. The average molecular weight is 406 g/mol. The number of carbonyl (C=O) groups is 1. The molecule has 5 nitrogen and oxygen atoms in total. The summed E-state index contributed by atoms with van der Waals surface area (Å²) in [7, 11) is 0. The van der Waals surface area contributed by atoms with Gasteiger partial charge in [-0.05, 0) is 44.0 Å². The van der Waals surface area contributed by atoms with Crippen molar-refractivity contribution in [3.05, 3.63) is 35.9 Å². The zero-order valence-corrected chi connectivity index (χ0v) is 18.9. The molecular formula is C24H43N3O2. The zero-order chi connectivity index (χ0) is 21.3. The fraction of sp³-hybridized carbons (Fsp3) is 0.708. The van der Waals surface area contributed by atoms with E-state index in [1.807, 2.05) is 13.8 Å². The van der Waals surface area contributed by atoms with Crippen molar-refractivity contribution in [3.8, 4) is 0 Å². The van der Waals surface area contributed by atoms with E-state index in [4.69, 9.17) is 5.21 Å². The molecule has 3 rings (SSSR count). The van der Waals surface area contributed by atoms with Gasteiger partial charge in [0.2, 0.25) is 0 Å². The van der Waals surface area contributed by atoms with Crippen LogP contribution in [0.3, 0.4) is 0 Å². The highest BCUT2D eigenvalue weighted by molar-refractivity contribution is 5.93. The first-order valence-electron chi connectivity index (χ1n) is 11.7. The molecule has 5 heteroatoms. The van der Waals surface area contributed by atoms with E-state index in [-0.39, 0.29) is 0 Å². The summed E-state index contributed by atoms with van der Waals surface area (Å²) in [6.07, 6.45) is 10.3. The van der Waals surface area contributed by atoms with Gasteiger partial charge in [0.15, 0.2) is 0 Å². The quantitative estimate of drug-likeness (QED) is 0.526. The van der Waals surface area contributed by atoms with Gasteiger partial charge >= 0.3 is 0 Å². The van der Waals surface area contributed by atoms with Crippen molar-refractivity contribution < 1.29 is 10.0 Å². The first kappa shape index (κ1) is 25.6. The number of carbonyl (C=O) groups excluding carboxylic acids is 1.